The van der Waals surface area contributed by atoms with Crippen molar-refractivity contribution in [3.05, 3.63) is 0 Å². The predicted octanol–water partition coefficient (Wildman–Crippen LogP) is 4.17. The van der Waals surface area contributed by atoms with Crippen LogP contribution in [-0.2, 0) is 14.3 Å². The van der Waals surface area contributed by atoms with E-state index in [-0.39, 0.29) is 11.8 Å². The Balaban J connectivity index is 2.27. The maximum absolute atomic E-state index is 13.2. The summed E-state index contributed by atoms with van der Waals surface area (Å²) in [6.45, 7) is 0. The van der Waals surface area contributed by atoms with Gasteiger partial charge in [-0.3, -0.25) is 9.59 Å². The molecule has 2 saturated carbocycles. The number of halogens is 1. The minimum absolute atomic E-state index is 0.0958. The summed E-state index contributed by atoms with van der Waals surface area (Å²) >= 11 is 3.72. The molecule has 0 aliphatic heterocycles. The minimum atomic E-state index is -0.888. The number of hydrogen-bond acceptors (Lipinski definition) is 3. The molecule has 2 fully saturated rings. The van der Waals surface area contributed by atoms with Gasteiger partial charge in [-0.25, -0.2) is 0 Å². The van der Waals surface area contributed by atoms with E-state index in [1.54, 1.807) is 0 Å². The molecular weight excluding hydrogens is 320 g/mol. The molecule has 0 heterocycles. The van der Waals surface area contributed by atoms with Gasteiger partial charge < -0.3 is 4.74 Å². The third kappa shape index (κ3) is 2.95. The monoisotopic (exact) mass is 344 g/mol. The highest BCUT2D eigenvalue weighted by atomic mass is 79.9. The third-order valence-electron chi connectivity index (χ3n) is 5.02. The average molecular weight is 345 g/mol. The maximum atomic E-state index is 13.2. The molecule has 0 amide bonds. The molecule has 0 radical (unpaired) electrons. The summed E-state index contributed by atoms with van der Waals surface area (Å²) in [6.07, 6.45) is 10.5. The molecule has 2 aliphatic rings. The van der Waals surface area contributed by atoms with E-state index in [0.717, 1.165) is 44.9 Å². The van der Waals surface area contributed by atoms with Crippen molar-refractivity contribution in [2.75, 3.05) is 7.11 Å². The van der Waals surface area contributed by atoms with Gasteiger partial charge in [0, 0.05) is 0 Å². The van der Waals surface area contributed by atoms with Gasteiger partial charge in [-0.2, -0.15) is 0 Å². The van der Waals surface area contributed by atoms with Crippen LogP contribution < -0.4 is 0 Å². The summed E-state index contributed by atoms with van der Waals surface area (Å²) < 4.78 is 4.50. The van der Waals surface area contributed by atoms with Gasteiger partial charge >= 0.3 is 5.97 Å². The van der Waals surface area contributed by atoms with E-state index >= 15 is 0 Å². The smallest absolute Gasteiger partial charge is 0.319 e. The van der Waals surface area contributed by atoms with Crippen molar-refractivity contribution in [1.82, 2.24) is 0 Å². The van der Waals surface area contributed by atoms with E-state index in [1.807, 2.05) is 0 Å². The Morgan fingerprint density at radius 3 is 1.80 bits per heavy atom. The zero-order valence-corrected chi connectivity index (χ0v) is 14.0. The van der Waals surface area contributed by atoms with Crippen LogP contribution in [0.4, 0.5) is 0 Å². The first-order valence-electron chi connectivity index (χ1n) is 7.87. The maximum Gasteiger partial charge on any atom is 0.319 e. The van der Waals surface area contributed by atoms with Gasteiger partial charge in [0.1, 0.15) is 5.41 Å². The number of carbonyl (C=O) groups excluding carboxylic acids is 2. The molecule has 114 valence electrons. The van der Waals surface area contributed by atoms with E-state index in [9.17, 15) is 9.59 Å². The molecule has 20 heavy (non-hydrogen) atoms. The van der Waals surface area contributed by atoms with Crippen LogP contribution in [-0.4, -0.2) is 23.2 Å². The van der Waals surface area contributed by atoms with Gasteiger partial charge in [-0.15, -0.1) is 0 Å². The number of methoxy groups -OCH3 is 1. The van der Waals surface area contributed by atoms with E-state index < -0.39 is 9.74 Å². The Labute approximate surface area is 130 Å². The summed E-state index contributed by atoms with van der Waals surface area (Å²) in [7, 11) is 1.40. The lowest BCUT2D eigenvalue weighted by Crippen LogP contribution is -2.50. The van der Waals surface area contributed by atoms with Gasteiger partial charge in [-0.05, 0) is 25.7 Å². The first-order valence-corrected chi connectivity index (χ1v) is 8.67. The number of ether oxygens (including phenoxy) is 1. The molecule has 0 saturated heterocycles. The second kappa shape index (κ2) is 6.59. The minimum Gasteiger partial charge on any atom is -0.468 e. The molecule has 2 rings (SSSR count). The molecule has 0 atom stereocenters. The largest absolute Gasteiger partial charge is 0.468 e. The Bertz CT molecular complexity index is 364. The molecule has 0 spiro atoms. The van der Waals surface area contributed by atoms with Gasteiger partial charge in [-0.1, -0.05) is 60.9 Å². The van der Waals surface area contributed by atoms with Crippen LogP contribution in [0.15, 0.2) is 0 Å². The Morgan fingerprint density at radius 1 is 0.850 bits per heavy atom. The highest BCUT2D eigenvalue weighted by Crippen LogP contribution is 2.47. The predicted molar refractivity (Wildman–Crippen MR) is 81.9 cm³/mol. The molecule has 4 heteroatoms. The number of esters is 1. The molecule has 0 N–H and O–H groups in total. The van der Waals surface area contributed by atoms with Crippen molar-refractivity contribution < 1.29 is 14.3 Å². The van der Waals surface area contributed by atoms with Crippen LogP contribution in [0.25, 0.3) is 0 Å². The lowest BCUT2D eigenvalue weighted by Gasteiger charge is -2.39. The third-order valence-corrected chi connectivity index (χ3v) is 6.17. The van der Waals surface area contributed by atoms with Crippen molar-refractivity contribution in [3.63, 3.8) is 0 Å². The highest BCUT2D eigenvalue weighted by Gasteiger charge is 2.54. The fourth-order valence-electron chi connectivity index (χ4n) is 3.82. The lowest BCUT2D eigenvalue weighted by atomic mass is 9.67. The molecule has 0 aromatic rings. The van der Waals surface area contributed by atoms with Crippen LogP contribution in [0, 0.1) is 5.41 Å². The number of rotatable bonds is 3. The number of ketones is 1. The average Bonchev–Trinajstić information content (AvgIpc) is 2.72. The van der Waals surface area contributed by atoms with Crippen LogP contribution in [0.3, 0.4) is 0 Å². The van der Waals surface area contributed by atoms with Crippen molar-refractivity contribution >= 4 is 27.7 Å². The molecule has 0 bridgehead atoms. The molecule has 0 aromatic carbocycles. The number of hydrogen-bond donors (Lipinski definition) is 0. The summed E-state index contributed by atoms with van der Waals surface area (Å²) in [5.41, 5.74) is -0.888. The molecule has 0 aromatic heterocycles. The van der Waals surface area contributed by atoms with Crippen LogP contribution in [0.1, 0.15) is 70.6 Å². The summed E-state index contributed by atoms with van der Waals surface area (Å²) in [4.78, 5) is 25.5. The SMILES string of the molecule is COC(=O)C1(C(=O)C2(Br)CCCCCC2)CCCCC1. The van der Waals surface area contributed by atoms with Gasteiger partial charge in [0.05, 0.1) is 11.4 Å². The number of alkyl halides is 1. The van der Waals surface area contributed by atoms with E-state index in [4.69, 9.17) is 4.74 Å². The Kier molecular flexibility index (Phi) is 5.27. The standard InChI is InChI=1S/C16H25BrO3/c1-20-14(19)15(9-5-4-6-10-15)13(18)16(17)11-7-2-3-8-12-16/h2-12H2,1H3. The highest BCUT2D eigenvalue weighted by molar-refractivity contribution is 9.10. The van der Waals surface area contributed by atoms with Crippen molar-refractivity contribution in [2.45, 2.75) is 75.0 Å². The second-order valence-corrected chi connectivity index (χ2v) is 7.86. The topological polar surface area (TPSA) is 43.4 Å². The summed E-state index contributed by atoms with van der Waals surface area (Å²) in [5, 5.41) is 0. The fourth-order valence-corrected chi connectivity index (χ4v) is 4.76. The van der Waals surface area contributed by atoms with E-state index in [2.05, 4.69) is 15.9 Å². The quantitative estimate of drug-likeness (QED) is 0.334. The lowest BCUT2D eigenvalue weighted by molar-refractivity contribution is -0.161. The fraction of sp³-hybridized carbons (Fsp3) is 0.875. The zero-order chi connectivity index (χ0) is 14.6. The van der Waals surface area contributed by atoms with E-state index in [0.29, 0.717) is 12.8 Å². The van der Waals surface area contributed by atoms with Crippen molar-refractivity contribution in [1.29, 1.82) is 0 Å². The molecule has 3 nitrogen and oxygen atoms in total. The van der Waals surface area contributed by atoms with Crippen molar-refractivity contribution in [3.8, 4) is 0 Å². The first kappa shape index (κ1) is 16.0. The van der Waals surface area contributed by atoms with Gasteiger partial charge in [0.2, 0.25) is 0 Å². The number of carbonyl (C=O) groups is 2. The van der Waals surface area contributed by atoms with Crippen LogP contribution in [0.5, 0.6) is 0 Å². The summed E-state index contributed by atoms with van der Waals surface area (Å²) in [6, 6.07) is 0. The normalized spacial score (nSPS) is 25.5. The van der Waals surface area contributed by atoms with Gasteiger partial charge in [0.15, 0.2) is 5.78 Å². The number of Topliss-reactive ketones (excluding diaryl/α,β-unsaturated/α-hetero) is 1. The first-order chi connectivity index (χ1) is 9.55. The van der Waals surface area contributed by atoms with E-state index in [1.165, 1.54) is 20.0 Å². The second-order valence-electron chi connectivity index (χ2n) is 6.34. The van der Waals surface area contributed by atoms with Crippen LogP contribution >= 0.6 is 15.9 Å². The van der Waals surface area contributed by atoms with Crippen molar-refractivity contribution in [2.24, 2.45) is 5.41 Å². The molecule has 2 aliphatic carbocycles. The Morgan fingerprint density at radius 2 is 1.30 bits per heavy atom. The van der Waals surface area contributed by atoms with Gasteiger partial charge in [0.25, 0.3) is 0 Å². The molecule has 0 unspecified atom stereocenters. The summed E-state index contributed by atoms with van der Waals surface area (Å²) in [5.74, 6) is -0.219. The molecular formula is C16H25BrO3. The zero-order valence-electron chi connectivity index (χ0n) is 12.4. The Hall–Kier alpha value is -0.380. The van der Waals surface area contributed by atoms with Crippen LogP contribution in [0.2, 0.25) is 0 Å².